The minimum absolute atomic E-state index is 0.0332. The first-order valence-electron chi connectivity index (χ1n) is 9.70. The van der Waals surface area contributed by atoms with Gasteiger partial charge in [-0.1, -0.05) is 19.0 Å². The van der Waals surface area contributed by atoms with Crippen LogP contribution in [0.5, 0.6) is 5.75 Å². The van der Waals surface area contributed by atoms with Crippen LogP contribution in [-0.4, -0.2) is 33.1 Å². The second-order valence-corrected chi connectivity index (χ2v) is 8.02. The highest BCUT2D eigenvalue weighted by Crippen LogP contribution is 2.27. The van der Waals surface area contributed by atoms with E-state index < -0.39 is 6.04 Å². The average Bonchev–Trinajstić information content (AvgIpc) is 3.48. The number of hydrogen-bond acceptors (Lipinski definition) is 8. The summed E-state index contributed by atoms with van der Waals surface area (Å²) in [5, 5.41) is 9.49. The molecule has 8 nitrogen and oxygen atoms in total. The number of thiazole rings is 1. The van der Waals surface area contributed by atoms with Gasteiger partial charge in [0.1, 0.15) is 22.5 Å². The monoisotopic (exact) mass is 435 g/mol. The van der Waals surface area contributed by atoms with Crippen LogP contribution in [0.15, 0.2) is 58.7 Å². The lowest BCUT2D eigenvalue weighted by Gasteiger charge is -2.17. The number of rotatable bonds is 7. The number of carbonyl (C=O) groups excluding carboxylic acids is 1. The van der Waals surface area contributed by atoms with Gasteiger partial charge in [-0.2, -0.15) is 4.98 Å². The summed E-state index contributed by atoms with van der Waals surface area (Å²) in [5.74, 6) is 1.27. The van der Waals surface area contributed by atoms with Gasteiger partial charge in [0.25, 0.3) is 5.91 Å². The normalized spacial score (nSPS) is 12.0. The van der Waals surface area contributed by atoms with E-state index in [0.29, 0.717) is 17.4 Å². The number of methoxy groups -OCH3 is 1. The van der Waals surface area contributed by atoms with Crippen LogP contribution in [0.3, 0.4) is 0 Å². The van der Waals surface area contributed by atoms with Gasteiger partial charge in [0.05, 0.1) is 7.11 Å². The second-order valence-electron chi connectivity index (χ2n) is 7.16. The summed E-state index contributed by atoms with van der Waals surface area (Å²) >= 11 is 1.41. The fourth-order valence-corrected chi connectivity index (χ4v) is 3.75. The summed E-state index contributed by atoms with van der Waals surface area (Å²) in [5.41, 5.74) is 2.01. The van der Waals surface area contributed by atoms with Gasteiger partial charge in [-0.3, -0.25) is 9.78 Å². The molecule has 1 N–H and O–H groups in total. The number of nitrogens with zero attached hydrogens (tertiary/aromatic N) is 4. The molecule has 0 saturated carbocycles. The molecule has 4 aromatic rings. The standard InChI is InChI=1S/C22H21N5O3S/c1-13(2)18(21-26-19(27-30-21)15-5-4-10-23-11-15)25-20(28)17-12-31-22(24-17)14-6-8-16(29-3)9-7-14/h4-13,18H,1-3H3,(H,25,28). The highest BCUT2D eigenvalue weighted by molar-refractivity contribution is 7.13. The maximum Gasteiger partial charge on any atom is 0.271 e. The molecule has 0 aliphatic rings. The predicted octanol–water partition coefficient (Wildman–Crippen LogP) is 4.39. The Morgan fingerprint density at radius 3 is 2.61 bits per heavy atom. The van der Waals surface area contributed by atoms with E-state index in [0.717, 1.165) is 21.9 Å². The van der Waals surface area contributed by atoms with Crippen molar-refractivity contribution in [1.82, 2.24) is 25.4 Å². The molecule has 1 aromatic carbocycles. The van der Waals surface area contributed by atoms with Gasteiger partial charge in [0.15, 0.2) is 0 Å². The van der Waals surface area contributed by atoms with E-state index in [-0.39, 0.29) is 11.8 Å². The van der Waals surface area contributed by atoms with Crippen molar-refractivity contribution in [3.8, 4) is 27.7 Å². The fourth-order valence-electron chi connectivity index (χ4n) is 2.95. The number of carbonyl (C=O) groups is 1. The number of nitrogens with one attached hydrogen (secondary N) is 1. The molecule has 3 heterocycles. The number of pyridine rings is 1. The third kappa shape index (κ3) is 4.61. The van der Waals surface area contributed by atoms with Gasteiger partial charge in [-0.25, -0.2) is 4.98 Å². The van der Waals surface area contributed by atoms with Crippen molar-refractivity contribution >= 4 is 17.2 Å². The molecule has 0 spiro atoms. The lowest BCUT2D eigenvalue weighted by atomic mass is 10.0. The number of amides is 1. The van der Waals surface area contributed by atoms with Crippen LogP contribution in [0, 0.1) is 5.92 Å². The highest BCUT2D eigenvalue weighted by Gasteiger charge is 2.26. The second kappa shape index (κ2) is 9.05. The first-order chi connectivity index (χ1) is 15.0. The summed E-state index contributed by atoms with van der Waals surface area (Å²) in [6.45, 7) is 3.95. The number of ether oxygens (including phenoxy) is 1. The summed E-state index contributed by atoms with van der Waals surface area (Å²) in [7, 11) is 1.62. The van der Waals surface area contributed by atoms with Crippen molar-refractivity contribution in [3.05, 3.63) is 65.8 Å². The molecule has 0 saturated heterocycles. The summed E-state index contributed by atoms with van der Waals surface area (Å²) in [4.78, 5) is 25.9. The van der Waals surface area contributed by atoms with Gasteiger partial charge in [0.2, 0.25) is 11.7 Å². The van der Waals surface area contributed by atoms with Crippen LogP contribution in [0.4, 0.5) is 0 Å². The van der Waals surface area contributed by atoms with E-state index in [9.17, 15) is 4.79 Å². The van der Waals surface area contributed by atoms with Crippen LogP contribution in [0.2, 0.25) is 0 Å². The largest absolute Gasteiger partial charge is 0.497 e. The summed E-state index contributed by atoms with van der Waals surface area (Å²) in [6.07, 6.45) is 3.34. The molecule has 31 heavy (non-hydrogen) atoms. The quantitative estimate of drug-likeness (QED) is 0.459. The smallest absolute Gasteiger partial charge is 0.271 e. The molecule has 1 unspecified atom stereocenters. The molecule has 9 heteroatoms. The molecule has 0 aliphatic carbocycles. The molecule has 1 amide bonds. The minimum atomic E-state index is -0.448. The van der Waals surface area contributed by atoms with Crippen LogP contribution in [0.1, 0.15) is 36.3 Å². The van der Waals surface area contributed by atoms with E-state index in [4.69, 9.17) is 9.26 Å². The van der Waals surface area contributed by atoms with Crippen molar-refractivity contribution in [2.45, 2.75) is 19.9 Å². The van der Waals surface area contributed by atoms with E-state index in [1.54, 1.807) is 30.9 Å². The molecule has 0 aliphatic heterocycles. The zero-order chi connectivity index (χ0) is 21.8. The Kier molecular flexibility index (Phi) is 6.03. The maximum absolute atomic E-state index is 12.9. The number of aromatic nitrogens is 4. The third-order valence-corrected chi connectivity index (χ3v) is 5.55. The van der Waals surface area contributed by atoms with Crippen LogP contribution >= 0.6 is 11.3 Å². The Balaban J connectivity index is 1.51. The van der Waals surface area contributed by atoms with E-state index in [1.165, 1.54) is 11.3 Å². The topological polar surface area (TPSA) is 103 Å². The van der Waals surface area contributed by atoms with Gasteiger partial charge in [0, 0.05) is 28.9 Å². The molecule has 158 valence electrons. The van der Waals surface area contributed by atoms with Gasteiger partial charge in [-0.15, -0.1) is 11.3 Å². The summed E-state index contributed by atoms with van der Waals surface area (Å²) in [6, 6.07) is 10.7. The van der Waals surface area contributed by atoms with Gasteiger partial charge >= 0.3 is 0 Å². The zero-order valence-electron chi connectivity index (χ0n) is 17.3. The van der Waals surface area contributed by atoms with Crippen molar-refractivity contribution in [3.63, 3.8) is 0 Å². The van der Waals surface area contributed by atoms with E-state index in [1.807, 2.05) is 44.2 Å². The average molecular weight is 436 g/mol. The van der Waals surface area contributed by atoms with Crippen molar-refractivity contribution in [2.24, 2.45) is 5.92 Å². The minimum Gasteiger partial charge on any atom is -0.497 e. The van der Waals surface area contributed by atoms with Crippen molar-refractivity contribution < 1.29 is 14.1 Å². The fraction of sp³-hybridized carbons (Fsp3) is 0.227. The van der Waals surface area contributed by atoms with Crippen molar-refractivity contribution in [2.75, 3.05) is 7.11 Å². The molecule has 3 aromatic heterocycles. The van der Waals surface area contributed by atoms with Gasteiger partial charge in [-0.05, 0) is 42.3 Å². The van der Waals surface area contributed by atoms with Crippen LogP contribution < -0.4 is 10.1 Å². The third-order valence-electron chi connectivity index (χ3n) is 4.65. The lowest BCUT2D eigenvalue weighted by molar-refractivity contribution is 0.0909. The molecule has 0 radical (unpaired) electrons. The summed E-state index contributed by atoms with van der Waals surface area (Å²) < 4.78 is 10.6. The Morgan fingerprint density at radius 1 is 1.13 bits per heavy atom. The highest BCUT2D eigenvalue weighted by atomic mass is 32.1. The van der Waals surface area contributed by atoms with E-state index in [2.05, 4.69) is 25.4 Å². The van der Waals surface area contributed by atoms with Crippen LogP contribution in [0.25, 0.3) is 22.0 Å². The first kappa shape index (κ1) is 20.7. The zero-order valence-corrected chi connectivity index (χ0v) is 18.1. The molecule has 0 fully saturated rings. The van der Waals surface area contributed by atoms with E-state index >= 15 is 0 Å². The molecule has 1 atom stereocenters. The predicted molar refractivity (Wildman–Crippen MR) is 117 cm³/mol. The lowest BCUT2D eigenvalue weighted by Crippen LogP contribution is -2.32. The number of benzene rings is 1. The first-order valence-corrected chi connectivity index (χ1v) is 10.6. The molecule has 4 rings (SSSR count). The van der Waals surface area contributed by atoms with Gasteiger partial charge < -0.3 is 14.6 Å². The molecular formula is C22H21N5O3S. The SMILES string of the molecule is COc1ccc(-c2nc(C(=O)NC(c3nc(-c4cccnc4)no3)C(C)C)cs2)cc1. The van der Waals surface area contributed by atoms with Crippen LogP contribution in [-0.2, 0) is 0 Å². The van der Waals surface area contributed by atoms with Crippen molar-refractivity contribution in [1.29, 1.82) is 0 Å². The Morgan fingerprint density at radius 2 is 1.94 bits per heavy atom. The Labute approximate surface area is 183 Å². The molecular weight excluding hydrogens is 414 g/mol. The maximum atomic E-state index is 12.9. The Bertz CT molecular complexity index is 1160. The Hall–Kier alpha value is -3.59. The molecule has 0 bridgehead atoms. The number of hydrogen-bond donors (Lipinski definition) is 1.